The molecule has 4 amide bonds. The number of non-ortho nitro benzene ring substituents is 1. The number of hydrazine groups is 1. The maximum absolute atomic E-state index is 14.7. The van der Waals surface area contributed by atoms with Gasteiger partial charge in [-0.3, -0.25) is 19.7 Å². The van der Waals surface area contributed by atoms with E-state index in [1.807, 2.05) is 30.3 Å². The minimum atomic E-state index is -1.11. The van der Waals surface area contributed by atoms with Crippen molar-refractivity contribution in [2.75, 3.05) is 19.6 Å². The van der Waals surface area contributed by atoms with Crippen LogP contribution in [0.3, 0.4) is 0 Å². The summed E-state index contributed by atoms with van der Waals surface area (Å²) in [5.74, 6) is -2.51. The van der Waals surface area contributed by atoms with Crippen LogP contribution in [0.1, 0.15) is 16.7 Å². The lowest BCUT2D eigenvalue weighted by atomic mass is 9.98. The van der Waals surface area contributed by atoms with E-state index in [2.05, 4.69) is 11.9 Å². The molecule has 0 radical (unpaired) electrons. The minimum absolute atomic E-state index is 0.0115. The standard InChI is InChI=1S/C31H30F2N6O5/c1-2-14-36-20-29(40)37-27(15-21-8-12-25(13-9-21)39(43)44)30(41)35(18-23-10-11-24(32)16-26(23)33)19-28(37)38(36)31(42)34-17-22-6-4-3-5-7-22/h2-13,16,27-28H,1,14-15,17-20H2,(H,34,42)/t27-,28-/m0/s1. The first-order valence-corrected chi connectivity index (χ1v) is 13.9. The van der Waals surface area contributed by atoms with E-state index >= 15 is 0 Å². The first kappa shape index (κ1) is 30.3. The summed E-state index contributed by atoms with van der Waals surface area (Å²) in [6.07, 6.45) is 0.563. The van der Waals surface area contributed by atoms with E-state index in [1.54, 1.807) is 6.08 Å². The molecule has 0 aliphatic carbocycles. The number of nitro benzene ring substituents is 1. The molecule has 0 bridgehead atoms. The Morgan fingerprint density at radius 2 is 1.77 bits per heavy atom. The molecular weight excluding hydrogens is 574 g/mol. The second kappa shape index (κ2) is 13.0. The van der Waals surface area contributed by atoms with E-state index in [0.29, 0.717) is 5.56 Å². The van der Waals surface area contributed by atoms with Crippen molar-refractivity contribution in [3.63, 3.8) is 0 Å². The number of carbonyl (C=O) groups excluding carboxylic acids is 3. The van der Waals surface area contributed by atoms with Gasteiger partial charge in [0.15, 0.2) is 0 Å². The van der Waals surface area contributed by atoms with Crippen molar-refractivity contribution in [1.82, 2.24) is 25.1 Å². The summed E-state index contributed by atoms with van der Waals surface area (Å²) in [5.41, 5.74) is 1.33. The lowest BCUT2D eigenvalue weighted by molar-refractivity contribution is -0.384. The molecule has 44 heavy (non-hydrogen) atoms. The molecule has 2 saturated heterocycles. The zero-order chi connectivity index (χ0) is 31.4. The van der Waals surface area contributed by atoms with Crippen LogP contribution in [0.25, 0.3) is 0 Å². The largest absolute Gasteiger partial charge is 0.334 e. The Bertz CT molecular complexity index is 1570. The molecule has 5 rings (SSSR count). The quantitative estimate of drug-likeness (QED) is 0.227. The zero-order valence-electron chi connectivity index (χ0n) is 23.6. The lowest BCUT2D eigenvalue weighted by Gasteiger charge is -2.55. The molecule has 3 aromatic rings. The summed E-state index contributed by atoms with van der Waals surface area (Å²) in [7, 11) is 0. The highest BCUT2D eigenvalue weighted by atomic mass is 19.1. The van der Waals surface area contributed by atoms with Gasteiger partial charge >= 0.3 is 6.03 Å². The number of nitrogens with one attached hydrogen (secondary N) is 1. The van der Waals surface area contributed by atoms with Gasteiger partial charge in [0, 0.05) is 49.8 Å². The smallest absolute Gasteiger partial charge is 0.333 e. The number of hydrogen-bond acceptors (Lipinski definition) is 6. The van der Waals surface area contributed by atoms with Crippen molar-refractivity contribution >= 4 is 23.5 Å². The van der Waals surface area contributed by atoms with Gasteiger partial charge in [-0.15, -0.1) is 6.58 Å². The number of fused-ring (bicyclic) bond motifs is 1. The molecule has 228 valence electrons. The third kappa shape index (κ3) is 6.42. The van der Waals surface area contributed by atoms with Crippen molar-refractivity contribution in [2.45, 2.75) is 31.7 Å². The number of nitro groups is 1. The Morgan fingerprint density at radius 1 is 1.05 bits per heavy atom. The zero-order valence-corrected chi connectivity index (χ0v) is 23.6. The molecule has 11 nitrogen and oxygen atoms in total. The monoisotopic (exact) mass is 604 g/mol. The van der Waals surface area contributed by atoms with Gasteiger partial charge in [0.2, 0.25) is 11.8 Å². The summed E-state index contributed by atoms with van der Waals surface area (Å²) < 4.78 is 28.3. The fraction of sp³-hybridized carbons (Fsp3) is 0.258. The minimum Gasteiger partial charge on any atom is -0.333 e. The highest BCUT2D eigenvalue weighted by Gasteiger charge is 2.51. The van der Waals surface area contributed by atoms with Gasteiger partial charge in [-0.05, 0) is 17.2 Å². The summed E-state index contributed by atoms with van der Waals surface area (Å²) in [6, 6.07) is 16.3. The third-order valence-electron chi connectivity index (χ3n) is 7.62. The maximum atomic E-state index is 14.7. The third-order valence-corrected chi connectivity index (χ3v) is 7.62. The highest BCUT2D eigenvalue weighted by molar-refractivity contribution is 5.91. The van der Waals surface area contributed by atoms with Crippen LogP contribution in [0.2, 0.25) is 0 Å². The second-order valence-electron chi connectivity index (χ2n) is 10.5. The van der Waals surface area contributed by atoms with Crippen molar-refractivity contribution in [3.8, 4) is 0 Å². The summed E-state index contributed by atoms with van der Waals surface area (Å²) in [4.78, 5) is 54.7. The molecule has 2 aliphatic heterocycles. The average molecular weight is 605 g/mol. The van der Waals surface area contributed by atoms with Crippen LogP contribution < -0.4 is 5.32 Å². The van der Waals surface area contributed by atoms with Gasteiger partial charge in [-0.25, -0.2) is 23.6 Å². The molecule has 2 heterocycles. The van der Waals surface area contributed by atoms with Crippen molar-refractivity contribution in [2.24, 2.45) is 0 Å². The van der Waals surface area contributed by atoms with Gasteiger partial charge < -0.3 is 15.1 Å². The van der Waals surface area contributed by atoms with Crippen molar-refractivity contribution in [3.05, 3.63) is 124 Å². The maximum Gasteiger partial charge on any atom is 0.334 e. The fourth-order valence-corrected chi connectivity index (χ4v) is 5.53. The Labute approximate surface area is 252 Å². The number of urea groups is 1. The fourth-order valence-electron chi connectivity index (χ4n) is 5.53. The molecule has 0 unspecified atom stereocenters. The number of amides is 4. The first-order chi connectivity index (χ1) is 21.2. The van der Waals surface area contributed by atoms with Crippen molar-refractivity contribution in [1.29, 1.82) is 0 Å². The molecule has 0 aromatic heterocycles. The molecule has 0 saturated carbocycles. The lowest BCUT2D eigenvalue weighted by Crippen LogP contribution is -2.76. The molecule has 2 fully saturated rings. The van der Waals surface area contributed by atoms with Crippen LogP contribution in [-0.2, 0) is 29.1 Å². The predicted octanol–water partition coefficient (Wildman–Crippen LogP) is 3.61. The number of hydrogen-bond donors (Lipinski definition) is 1. The van der Waals surface area contributed by atoms with E-state index in [0.717, 1.165) is 17.7 Å². The Balaban J connectivity index is 1.51. The van der Waals surface area contributed by atoms with Gasteiger partial charge in [-0.2, -0.15) is 0 Å². The Morgan fingerprint density at radius 3 is 2.43 bits per heavy atom. The number of nitrogens with zero attached hydrogens (tertiary/aromatic N) is 5. The van der Waals surface area contributed by atoms with E-state index in [9.17, 15) is 33.3 Å². The van der Waals surface area contributed by atoms with Gasteiger partial charge in [-0.1, -0.05) is 54.6 Å². The van der Waals surface area contributed by atoms with E-state index in [1.165, 1.54) is 50.1 Å². The molecule has 0 spiro atoms. The van der Waals surface area contributed by atoms with Crippen LogP contribution in [0.4, 0.5) is 19.3 Å². The molecule has 2 atom stereocenters. The van der Waals surface area contributed by atoms with Gasteiger partial charge in [0.25, 0.3) is 5.69 Å². The Hall–Kier alpha value is -5.17. The highest BCUT2D eigenvalue weighted by Crippen LogP contribution is 2.30. The van der Waals surface area contributed by atoms with Crippen molar-refractivity contribution < 1.29 is 28.1 Å². The summed E-state index contributed by atoms with van der Waals surface area (Å²) in [5, 5.41) is 17.0. The number of halogens is 2. The van der Waals surface area contributed by atoms with Crippen LogP contribution in [-0.4, -0.2) is 74.4 Å². The Kier molecular flexibility index (Phi) is 8.95. The first-order valence-electron chi connectivity index (χ1n) is 13.9. The second-order valence-corrected chi connectivity index (χ2v) is 10.5. The van der Waals surface area contributed by atoms with Crippen LogP contribution in [0.15, 0.2) is 85.5 Å². The SMILES string of the molecule is C=CCN1CC(=O)N2[C@@H](Cc3ccc([N+](=O)[O-])cc3)C(=O)N(Cc3ccc(F)cc3F)C[C@@H]2N1C(=O)NCc1ccccc1. The number of rotatable bonds is 9. The van der Waals surface area contributed by atoms with E-state index < -0.39 is 46.6 Å². The summed E-state index contributed by atoms with van der Waals surface area (Å²) >= 11 is 0. The molecule has 13 heteroatoms. The average Bonchev–Trinajstić information content (AvgIpc) is 3.00. The predicted molar refractivity (Wildman–Crippen MR) is 155 cm³/mol. The summed E-state index contributed by atoms with van der Waals surface area (Å²) in [6.45, 7) is 3.52. The molecular formula is C31H30F2N6O5. The van der Waals surface area contributed by atoms with Gasteiger partial charge in [0.05, 0.1) is 18.0 Å². The number of benzene rings is 3. The van der Waals surface area contributed by atoms with Gasteiger partial charge in [0.1, 0.15) is 23.8 Å². The topological polar surface area (TPSA) is 119 Å². The van der Waals surface area contributed by atoms with E-state index in [-0.39, 0.29) is 50.4 Å². The number of piperazine rings is 1. The number of carbonyl (C=O) groups is 3. The van der Waals surface area contributed by atoms with Crippen LogP contribution in [0.5, 0.6) is 0 Å². The molecule has 3 aromatic carbocycles. The molecule has 1 N–H and O–H groups in total. The molecule has 2 aliphatic rings. The van der Waals surface area contributed by atoms with Crippen LogP contribution in [0, 0.1) is 21.7 Å². The normalized spacial score (nSPS) is 18.6. The van der Waals surface area contributed by atoms with Crippen LogP contribution >= 0.6 is 0 Å². The van der Waals surface area contributed by atoms with E-state index in [4.69, 9.17) is 0 Å².